The first-order valence-corrected chi connectivity index (χ1v) is 12.3. The molecular weight excluding hydrogens is 430 g/mol. The van der Waals surface area contributed by atoms with Gasteiger partial charge in [0.25, 0.3) is 0 Å². The first-order chi connectivity index (χ1) is 14.4. The summed E-state index contributed by atoms with van der Waals surface area (Å²) >= 11 is 1.74. The van der Waals surface area contributed by atoms with Crippen LogP contribution in [0.5, 0.6) is 0 Å². The van der Waals surface area contributed by atoms with Crippen LogP contribution in [0.15, 0.2) is 52.3 Å². The maximum absolute atomic E-state index is 13.5. The smallest absolute Gasteiger partial charge is 0.243 e. The molecule has 0 N–H and O–H groups in total. The average Bonchev–Trinajstić information content (AvgIpc) is 2.98. The van der Waals surface area contributed by atoms with Crippen LogP contribution in [0.3, 0.4) is 0 Å². The van der Waals surface area contributed by atoms with Gasteiger partial charge in [-0.2, -0.15) is 4.31 Å². The van der Waals surface area contributed by atoms with E-state index in [-0.39, 0.29) is 29.8 Å². The molecule has 1 saturated heterocycles. The molecule has 0 aromatic heterocycles. The minimum atomic E-state index is -3.93. The van der Waals surface area contributed by atoms with Crippen molar-refractivity contribution in [2.45, 2.75) is 29.1 Å². The lowest BCUT2D eigenvalue weighted by Crippen LogP contribution is -2.44. The zero-order chi connectivity index (χ0) is 21.3. The first kappa shape index (κ1) is 21.3. The number of anilines is 1. The second kappa shape index (κ2) is 8.64. The van der Waals surface area contributed by atoms with Crippen LogP contribution in [-0.2, 0) is 14.8 Å². The topological polar surface area (TPSA) is 57.7 Å². The number of para-hydroxylation sites is 1. The van der Waals surface area contributed by atoms with Crippen molar-refractivity contribution in [3.63, 3.8) is 0 Å². The molecule has 2 aliphatic rings. The molecular formula is C21H22F2N2O3S2. The van der Waals surface area contributed by atoms with E-state index in [1.807, 2.05) is 29.2 Å². The minimum absolute atomic E-state index is 0.0230. The van der Waals surface area contributed by atoms with Gasteiger partial charge in [0.2, 0.25) is 15.9 Å². The summed E-state index contributed by atoms with van der Waals surface area (Å²) < 4.78 is 53.4. The molecule has 0 radical (unpaired) electrons. The number of rotatable bonds is 3. The maximum atomic E-state index is 13.5. The molecule has 2 heterocycles. The van der Waals surface area contributed by atoms with Crippen molar-refractivity contribution in [1.82, 2.24) is 4.31 Å². The zero-order valence-corrected chi connectivity index (χ0v) is 17.9. The molecule has 160 valence electrons. The Kier molecular flexibility index (Phi) is 6.13. The lowest BCUT2D eigenvalue weighted by Gasteiger charge is -2.33. The van der Waals surface area contributed by atoms with Crippen molar-refractivity contribution in [2.75, 3.05) is 30.3 Å². The molecule has 2 aliphatic heterocycles. The number of hydrogen-bond donors (Lipinski definition) is 0. The van der Waals surface area contributed by atoms with Crippen LogP contribution < -0.4 is 4.90 Å². The van der Waals surface area contributed by atoms with Crippen LogP contribution in [0.25, 0.3) is 0 Å². The summed E-state index contributed by atoms with van der Waals surface area (Å²) in [4.78, 5) is 15.9. The van der Waals surface area contributed by atoms with Crippen molar-refractivity contribution in [3.05, 3.63) is 54.1 Å². The van der Waals surface area contributed by atoms with Gasteiger partial charge in [0.05, 0.1) is 10.6 Å². The number of benzene rings is 2. The number of carbonyl (C=O) groups is 1. The van der Waals surface area contributed by atoms with E-state index >= 15 is 0 Å². The Labute approximate surface area is 179 Å². The molecule has 9 heteroatoms. The lowest BCUT2D eigenvalue weighted by molar-refractivity contribution is -0.123. The summed E-state index contributed by atoms with van der Waals surface area (Å²) in [7, 11) is -3.93. The molecule has 2 aromatic rings. The van der Waals surface area contributed by atoms with Gasteiger partial charge in [-0.1, -0.05) is 12.1 Å². The van der Waals surface area contributed by atoms with Crippen molar-refractivity contribution < 1.29 is 22.0 Å². The third-order valence-electron chi connectivity index (χ3n) is 5.54. The lowest BCUT2D eigenvalue weighted by atomic mass is 9.96. The van der Waals surface area contributed by atoms with Crippen molar-refractivity contribution in [1.29, 1.82) is 0 Å². The summed E-state index contributed by atoms with van der Waals surface area (Å²) in [6.45, 7) is 0.986. The van der Waals surface area contributed by atoms with Gasteiger partial charge in [-0.3, -0.25) is 4.79 Å². The SMILES string of the molecule is O=C(C1CCN(S(=O)(=O)c2ccc(F)c(F)c2)CC1)N1CCCSc2ccccc21. The Morgan fingerprint density at radius 1 is 1.00 bits per heavy atom. The average molecular weight is 453 g/mol. The fourth-order valence-corrected chi connectivity index (χ4v) is 6.38. The summed E-state index contributed by atoms with van der Waals surface area (Å²) in [5.41, 5.74) is 0.918. The number of carbonyl (C=O) groups excluding carboxylic acids is 1. The Morgan fingerprint density at radius 3 is 2.47 bits per heavy atom. The van der Waals surface area contributed by atoms with Crippen LogP contribution >= 0.6 is 11.8 Å². The highest BCUT2D eigenvalue weighted by atomic mass is 32.2. The monoisotopic (exact) mass is 452 g/mol. The van der Waals surface area contributed by atoms with Gasteiger partial charge >= 0.3 is 0 Å². The molecule has 4 rings (SSSR count). The van der Waals surface area contributed by atoms with Crippen molar-refractivity contribution in [3.8, 4) is 0 Å². The van der Waals surface area contributed by atoms with E-state index in [4.69, 9.17) is 0 Å². The number of halogens is 2. The molecule has 0 saturated carbocycles. The highest BCUT2D eigenvalue weighted by Gasteiger charge is 2.35. The summed E-state index contributed by atoms with van der Waals surface area (Å²) in [6, 6.07) is 10.4. The Hall–Kier alpha value is -1.97. The number of piperidine rings is 1. The number of amides is 1. The van der Waals surface area contributed by atoms with Gasteiger partial charge in [-0.15, -0.1) is 11.8 Å². The van der Waals surface area contributed by atoms with Gasteiger partial charge in [0.1, 0.15) is 0 Å². The van der Waals surface area contributed by atoms with Crippen LogP contribution in [0, 0.1) is 17.6 Å². The van der Waals surface area contributed by atoms with Gasteiger partial charge < -0.3 is 4.90 Å². The molecule has 0 spiro atoms. The van der Waals surface area contributed by atoms with Gasteiger partial charge in [-0.05, 0) is 55.3 Å². The second-order valence-corrected chi connectivity index (χ2v) is 10.5. The van der Waals surface area contributed by atoms with E-state index in [9.17, 15) is 22.0 Å². The molecule has 1 amide bonds. The molecule has 5 nitrogen and oxygen atoms in total. The second-order valence-electron chi connectivity index (χ2n) is 7.41. The first-order valence-electron chi connectivity index (χ1n) is 9.86. The number of thioether (sulfide) groups is 1. The molecule has 1 fully saturated rings. The van der Waals surface area contributed by atoms with Crippen LogP contribution in [-0.4, -0.2) is 44.0 Å². The Morgan fingerprint density at radius 2 is 1.73 bits per heavy atom. The molecule has 0 unspecified atom stereocenters. The summed E-state index contributed by atoms with van der Waals surface area (Å²) in [6.07, 6.45) is 1.69. The number of fused-ring (bicyclic) bond motifs is 1. The minimum Gasteiger partial charge on any atom is -0.311 e. The van der Waals surface area contributed by atoms with Crippen LogP contribution in [0.2, 0.25) is 0 Å². The predicted octanol–water partition coefficient (Wildman–Crippen LogP) is 3.89. The molecule has 2 aromatic carbocycles. The van der Waals surface area contributed by atoms with E-state index < -0.39 is 21.7 Å². The normalized spacial score (nSPS) is 18.7. The van der Waals surface area contributed by atoms with Crippen molar-refractivity contribution >= 4 is 33.4 Å². The van der Waals surface area contributed by atoms with Gasteiger partial charge in [-0.25, -0.2) is 17.2 Å². The predicted molar refractivity (Wildman–Crippen MR) is 112 cm³/mol. The third-order valence-corrected chi connectivity index (χ3v) is 8.58. The Bertz CT molecular complexity index is 1050. The number of nitrogens with zero attached hydrogens (tertiary/aromatic N) is 2. The largest absolute Gasteiger partial charge is 0.311 e. The van der Waals surface area contributed by atoms with Crippen molar-refractivity contribution in [2.24, 2.45) is 5.92 Å². The summed E-state index contributed by atoms with van der Waals surface area (Å²) in [5.74, 6) is -1.58. The van der Waals surface area contributed by atoms with Crippen LogP contribution in [0.4, 0.5) is 14.5 Å². The van der Waals surface area contributed by atoms with Gasteiger partial charge in [0.15, 0.2) is 11.6 Å². The van der Waals surface area contributed by atoms with Crippen LogP contribution in [0.1, 0.15) is 19.3 Å². The maximum Gasteiger partial charge on any atom is 0.243 e. The fraction of sp³-hybridized carbons (Fsp3) is 0.381. The molecule has 0 bridgehead atoms. The summed E-state index contributed by atoms with van der Waals surface area (Å²) in [5, 5.41) is 0. The van der Waals surface area contributed by atoms with E-state index in [1.165, 1.54) is 4.31 Å². The quantitative estimate of drug-likeness (QED) is 0.709. The van der Waals surface area contributed by atoms with E-state index in [2.05, 4.69) is 0 Å². The van der Waals surface area contributed by atoms with Gasteiger partial charge in [0, 0.05) is 30.4 Å². The zero-order valence-electron chi connectivity index (χ0n) is 16.3. The molecule has 0 aliphatic carbocycles. The number of sulfonamides is 1. The highest BCUT2D eigenvalue weighted by Crippen LogP contribution is 2.35. The van der Waals surface area contributed by atoms with E-state index in [1.54, 1.807) is 11.8 Å². The molecule has 30 heavy (non-hydrogen) atoms. The third kappa shape index (κ3) is 4.10. The standard InChI is InChI=1S/C21H22F2N2O3S2/c22-17-7-6-16(14-18(17)23)30(27,28)24-11-8-15(9-12-24)21(26)25-10-3-13-29-20-5-2-1-4-19(20)25/h1-2,4-7,14-15H,3,8-13H2. The Balaban J connectivity index is 1.47. The molecule has 0 atom stereocenters. The van der Waals surface area contributed by atoms with E-state index in [0.29, 0.717) is 25.5 Å². The number of hydrogen-bond acceptors (Lipinski definition) is 4. The fourth-order valence-electron chi connectivity index (χ4n) is 3.91. The van der Waals surface area contributed by atoms with E-state index in [0.717, 1.165) is 34.9 Å². The highest BCUT2D eigenvalue weighted by molar-refractivity contribution is 7.99.